The molecule has 1 heterocycles. The molecule has 0 radical (unpaired) electrons. The topological polar surface area (TPSA) is 47.0 Å². The second-order valence-electron chi connectivity index (χ2n) is 2.38. The summed E-state index contributed by atoms with van der Waals surface area (Å²) in [6, 6.07) is 0. The number of alkyl halides is 2. The van der Waals surface area contributed by atoms with Gasteiger partial charge in [0.15, 0.2) is 0 Å². The van der Waals surface area contributed by atoms with Gasteiger partial charge in [0.05, 0.1) is 9.13 Å². The summed E-state index contributed by atoms with van der Waals surface area (Å²) in [5, 5.41) is 0. The van der Waals surface area contributed by atoms with Crippen LogP contribution < -0.4 is 0 Å². The van der Waals surface area contributed by atoms with Crippen LogP contribution in [0.25, 0.3) is 0 Å². The van der Waals surface area contributed by atoms with Gasteiger partial charge in [0.1, 0.15) is 8.60 Å². The van der Waals surface area contributed by atoms with Crippen LogP contribution in [0.4, 0.5) is 8.78 Å². The second kappa shape index (κ2) is 4.92. The van der Waals surface area contributed by atoms with Gasteiger partial charge in [0, 0.05) is 16.9 Å². The van der Waals surface area contributed by atoms with E-state index < -0.39 is 25.9 Å². The van der Waals surface area contributed by atoms with Gasteiger partial charge in [0.25, 0.3) is 15.5 Å². The van der Waals surface area contributed by atoms with Gasteiger partial charge in [-0.1, -0.05) is 0 Å². The van der Waals surface area contributed by atoms with Crippen molar-refractivity contribution in [1.29, 1.82) is 0 Å². The normalized spacial score (nSPS) is 12.1. The summed E-state index contributed by atoms with van der Waals surface area (Å²) in [6.45, 7) is 0. The Morgan fingerprint density at radius 2 is 1.93 bits per heavy atom. The standard InChI is InChI=1S/C6H2ClF2I2NO2S/c7-15(13,14)2-1-12-6(11)4(10)3(2)5(8)9/h1,5H. The van der Waals surface area contributed by atoms with Crippen LogP contribution in [0.2, 0.25) is 0 Å². The first-order valence-electron chi connectivity index (χ1n) is 3.32. The minimum Gasteiger partial charge on any atom is -0.248 e. The molecule has 0 fully saturated rings. The van der Waals surface area contributed by atoms with Crippen molar-refractivity contribution in [3.63, 3.8) is 0 Å². The van der Waals surface area contributed by atoms with Gasteiger partial charge in [-0.25, -0.2) is 22.2 Å². The predicted molar refractivity (Wildman–Crippen MR) is 67.7 cm³/mol. The molecule has 0 atom stereocenters. The van der Waals surface area contributed by atoms with Crippen molar-refractivity contribution in [2.45, 2.75) is 11.3 Å². The van der Waals surface area contributed by atoms with Crippen molar-refractivity contribution < 1.29 is 17.2 Å². The molecule has 0 saturated carbocycles. The number of pyridine rings is 1. The zero-order chi connectivity index (χ0) is 11.8. The average molecular weight is 479 g/mol. The monoisotopic (exact) mass is 479 g/mol. The lowest BCUT2D eigenvalue weighted by atomic mass is 10.3. The lowest BCUT2D eigenvalue weighted by molar-refractivity contribution is 0.146. The zero-order valence-corrected chi connectivity index (χ0v) is 12.6. The fraction of sp³-hybridized carbons (Fsp3) is 0.167. The van der Waals surface area contributed by atoms with Crippen molar-refractivity contribution in [1.82, 2.24) is 4.98 Å². The molecule has 0 aliphatic carbocycles. The van der Waals surface area contributed by atoms with Gasteiger partial charge < -0.3 is 0 Å². The van der Waals surface area contributed by atoms with E-state index in [-0.39, 0.29) is 3.57 Å². The Balaban J connectivity index is 3.62. The lowest BCUT2D eigenvalue weighted by Crippen LogP contribution is -2.05. The lowest BCUT2D eigenvalue weighted by Gasteiger charge is -2.08. The second-order valence-corrected chi connectivity index (χ2v) is 7.01. The Hall–Kier alpha value is 0.710. The molecule has 84 valence electrons. The molecular weight excluding hydrogens is 477 g/mol. The molecule has 0 saturated heterocycles. The van der Waals surface area contributed by atoms with E-state index in [1.54, 1.807) is 45.2 Å². The number of halogens is 5. The molecule has 0 bridgehead atoms. The highest BCUT2D eigenvalue weighted by molar-refractivity contribution is 14.1. The summed E-state index contributed by atoms with van der Waals surface area (Å²) >= 11 is 3.35. The van der Waals surface area contributed by atoms with E-state index in [2.05, 4.69) is 4.98 Å². The van der Waals surface area contributed by atoms with Gasteiger partial charge in [-0.15, -0.1) is 0 Å². The maximum absolute atomic E-state index is 12.6. The molecule has 0 aliphatic heterocycles. The number of hydrogen-bond donors (Lipinski definition) is 0. The number of aromatic nitrogens is 1. The van der Waals surface area contributed by atoms with Gasteiger partial charge >= 0.3 is 0 Å². The minimum atomic E-state index is -4.20. The molecule has 1 aromatic rings. The third-order valence-electron chi connectivity index (χ3n) is 1.46. The Morgan fingerprint density at radius 3 is 2.33 bits per heavy atom. The van der Waals surface area contributed by atoms with Crippen LogP contribution in [0.15, 0.2) is 11.1 Å². The fourth-order valence-corrected chi connectivity index (χ4v) is 3.14. The van der Waals surface area contributed by atoms with Gasteiger partial charge in [-0.3, -0.25) is 0 Å². The predicted octanol–water partition coefficient (Wildman–Crippen LogP) is 3.16. The summed E-state index contributed by atoms with van der Waals surface area (Å²) in [5.74, 6) is 0. The summed E-state index contributed by atoms with van der Waals surface area (Å²) in [4.78, 5) is 3.04. The Morgan fingerprint density at radius 1 is 1.40 bits per heavy atom. The first-order chi connectivity index (χ1) is 6.75. The van der Waals surface area contributed by atoms with E-state index in [0.29, 0.717) is 3.70 Å². The Labute approximate surface area is 116 Å². The smallest absolute Gasteiger partial charge is 0.248 e. The van der Waals surface area contributed by atoms with E-state index in [4.69, 9.17) is 10.7 Å². The van der Waals surface area contributed by atoms with E-state index in [9.17, 15) is 17.2 Å². The third-order valence-corrected chi connectivity index (χ3v) is 5.75. The van der Waals surface area contributed by atoms with Gasteiger partial charge in [-0.05, 0) is 45.2 Å². The molecule has 15 heavy (non-hydrogen) atoms. The molecule has 0 N–H and O–H groups in total. The number of nitrogens with zero attached hydrogens (tertiary/aromatic N) is 1. The zero-order valence-electron chi connectivity index (χ0n) is 6.72. The van der Waals surface area contributed by atoms with Crippen molar-refractivity contribution in [3.8, 4) is 0 Å². The quantitative estimate of drug-likeness (QED) is 0.372. The SMILES string of the molecule is O=S(=O)(Cl)c1cnc(I)c(I)c1C(F)F. The summed E-state index contributed by atoms with van der Waals surface area (Å²) in [5.41, 5.74) is -0.593. The van der Waals surface area contributed by atoms with Gasteiger partial charge in [-0.2, -0.15) is 0 Å². The molecular formula is C6H2ClF2I2NO2S. The fourth-order valence-electron chi connectivity index (χ4n) is 0.858. The number of rotatable bonds is 2. The van der Waals surface area contributed by atoms with Crippen LogP contribution in [0.1, 0.15) is 12.0 Å². The van der Waals surface area contributed by atoms with Crippen LogP contribution in [-0.2, 0) is 9.05 Å². The van der Waals surface area contributed by atoms with Crippen LogP contribution in [0.5, 0.6) is 0 Å². The van der Waals surface area contributed by atoms with Crippen molar-refractivity contribution in [2.75, 3.05) is 0 Å². The van der Waals surface area contributed by atoms with Crippen LogP contribution in [0.3, 0.4) is 0 Å². The van der Waals surface area contributed by atoms with Crippen LogP contribution in [0, 0.1) is 7.27 Å². The van der Waals surface area contributed by atoms with E-state index in [0.717, 1.165) is 6.20 Å². The molecule has 0 amide bonds. The molecule has 0 aliphatic rings. The average Bonchev–Trinajstić information content (AvgIpc) is 2.06. The van der Waals surface area contributed by atoms with Crippen molar-refractivity contribution >= 4 is 64.9 Å². The minimum absolute atomic E-state index is 0.102. The molecule has 0 unspecified atom stereocenters. The molecule has 0 spiro atoms. The highest BCUT2D eigenvalue weighted by Crippen LogP contribution is 2.33. The molecule has 1 rings (SSSR count). The van der Waals surface area contributed by atoms with Crippen LogP contribution in [-0.4, -0.2) is 13.4 Å². The van der Waals surface area contributed by atoms with E-state index in [1.807, 2.05) is 0 Å². The Bertz CT molecular complexity index is 494. The highest BCUT2D eigenvalue weighted by atomic mass is 127. The number of hydrogen-bond acceptors (Lipinski definition) is 3. The molecule has 3 nitrogen and oxygen atoms in total. The van der Waals surface area contributed by atoms with Crippen molar-refractivity contribution in [2.24, 2.45) is 0 Å². The first kappa shape index (κ1) is 13.8. The highest BCUT2D eigenvalue weighted by Gasteiger charge is 2.26. The van der Waals surface area contributed by atoms with Gasteiger partial charge in [0.2, 0.25) is 0 Å². The molecule has 0 aromatic carbocycles. The molecule has 9 heteroatoms. The van der Waals surface area contributed by atoms with Crippen LogP contribution >= 0.6 is 55.9 Å². The first-order valence-corrected chi connectivity index (χ1v) is 7.78. The largest absolute Gasteiger partial charge is 0.266 e. The van der Waals surface area contributed by atoms with E-state index >= 15 is 0 Å². The maximum atomic E-state index is 12.6. The maximum Gasteiger partial charge on any atom is 0.266 e. The van der Waals surface area contributed by atoms with E-state index in [1.165, 1.54) is 0 Å². The summed E-state index contributed by atoms with van der Waals surface area (Å²) < 4.78 is 47.7. The summed E-state index contributed by atoms with van der Waals surface area (Å²) in [6.07, 6.45) is -2.06. The molecule has 1 aromatic heterocycles. The van der Waals surface area contributed by atoms with Crippen molar-refractivity contribution in [3.05, 3.63) is 19.0 Å². The Kier molecular flexibility index (Phi) is 4.52. The summed E-state index contributed by atoms with van der Waals surface area (Å²) in [7, 11) is 0.829. The third kappa shape index (κ3) is 3.09.